The Balaban J connectivity index is 1.83. The van der Waals surface area contributed by atoms with E-state index in [1.807, 2.05) is 12.1 Å². The summed E-state index contributed by atoms with van der Waals surface area (Å²) in [4.78, 5) is 25.0. The third-order valence-corrected chi connectivity index (χ3v) is 4.06. The summed E-state index contributed by atoms with van der Waals surface area (Å²) in [5.41, 5.74) is 2.68. The van der Waals surface area contributed by atoms with Crippen LogP contribution in [0.3, 0.4) is 0 Å². The fraction of sp³-hybridized carbons (Fsp3) is 0.333. The second-order valence-corrected chi connectivity index (χ2v) is 5.87. The Morgan fingerprint density at radius 3 is 2.67 bits per heavy atom. The highest BCUT2D eigenvalue weighted by atomic mass is 16.5. The molecule has 0 unspecified atom stereocenters. The molecule has 1 saturated heterocycles. The summed E-state index contributed by atoms with van der Waals surface area (Å²) in [6.45, 7) is 3.90. The van der Waals surface area contributed by atoms with Gasteiger partial charge in [0.1, 0.15) is 6.54 Å². The predicted molar refractivity (Wildman–Crippen MR) is 89.9 cm³/mol. The van der Waals surface area contributed by atoms with Gasteiger partial charge in [-0.1, -0.05) is 18.2 Å². The van der Waals surface area contributed by atoms with Crippen LogP contribution in [0.4, 0.5) is 0 Å². The van der Waals surface area contributed by atoms with Crippen molar-refractivity contribution in [3.8, 4) is 11.1 Å². The Kier molecular flexibility index (Phi) is 5.08. The largest absolute Gasteiger partial charge is 0.480 e. The van der Waals surface area contributed by atoms with E-state index in [1.54, 1.807) is 12.3 Å². The molecular formula is C18H20N2O4. The molecule has 0 spiro atoms. The maximum absolute atomic E-state index is 11.7. The van der Waals surface area contributed by atoms with E-state index in [-0.39, 0.29) is 12.1 Å². The van der Waals surface area contributed by atoms with Crippen molar-refractivity contribution < 1.29 is 14.6 Å². The number of aromatic nitrogens is 1. The molecule has 0 radical (unpaired) electrons. The van der Waals surface area contributed by atoms with Crippen molar-refractivity contribution in [3.63, 3.8) is 0 Å². The summed E-state index contributed by atoms with van der Waals surface area (Å²) in [5, 5.41) is 8.90. The second-order valence-electron chi connectivity index (χ2n) is 5.87. The monoisotopic (exact) mass is 328 g/mol. The highest BCUT2D eigenvalue weighted by molar-refractivity contribution is 5.67. The molecular weight excluding hydrogens is 308 g/mol. The first kappa shape index (κ1) is 16.4. The molecule has 0 amide bonds. The van der Waals surface area contributed by atoms with Crippen LogP contribution in [0, 0.1) is 0 Å². The molecule has 1 aromatic heterocycles. The van der Waals surface area contributed by atoms with Gasteiger partial charge in [-0.25, -0.2) is 0 Å². The molecule has 0 bridgehead atoms. The minimum absolute atomic E-state index is 0.314. The van der Waals surface area contributed by atoms with Gasteiger partial charge in [-0.3, -0.25) is 14.5 Å². The average molecular weight is 328 g/mol. The van der Waals surface area contributed by atoms with Crippen LogP contribution in [0.15, 0.2) is 47.4 Å². The van der Waals surface area contributed by atoms with Crippen LogP contribution in [-0.2, 0) is 22.6 Å². The number of rotatable bonds is 5. The van der Waals surface area contributed by atoms with Gasteiger partial charge in [-0.15, -0.1) is 0 Å². The fourth-order valence-corrected chi connectivity index (χ4v) is 2.84. The molecule has 1 N–H and O–H groups in total. The van der Waals surface area contributed by atoms with Crippen LogP contribution < -0.4 is 5.56 Å². The number of ether oxygens (including phenoxy) is 1. The molecule has 2 heterocycles. The fourth-order valence-electron chi connectivity index (χ4n) is 2.84. The Bertz CT molecular complexity index is 779. The summed E-state index contributed by atoms with van der Waals surface area (Å²) in [5.74, 6) is -1.03. The van der Waals surface area contributed by atoms with Crippen molar-refractivity contribution in [1.29, 1.82) is 0 Å². The van der Waals surface area contributed by atoms with Crippen molar-refractivity contribution in [2.45, 2.75) is 13.1 Å². The van der Waals surface area contributed by atoms with E-state index in [0.717, 1.165) is 44.0 Å². The van der Waals surface area contributed by atoms with E-state index < -0.39 is 5.97 Å². The van der Waals surface area contributed by atoms with Gasteiger partial charge in [0.25, 0.3) is 5.56 Å². The summed E-state index contributed by atoms with van der Waals surface area (Å²) in [6, 6.07) is 11.2. The molecule has 0 atom stereocenters. The molecule has 2 aromatic rings. The number of hydrogen-bond acceptors (Lipinski definition) is 4. The third-order valence-electron chi connectivity index (χ3n) is 4.06. The molecule has 1 aliphatic rings. The third kappa shape index (κ3) is 4.10. The van der Waals surface area contributed by atoms with Crippen LogP contribution in [0.5, 0.6) is 0 Å². The van der Waals surface area contributed by atoms with E-state index in [2.05, 4.69) is 17.0 Å². The van der Waals surface area contributed by atoms with E-state index >= 15 is 0 Å². The van der Waals surface area contributed by atoms with E-state index in [1.165, 1.54) is 16.2 Å². The minimum atomic E-state index is -1.03. The van der Waals surface area contributed by atoms with Gasteiger partial charge in [0.15, 0.2) is 0 Å². The average Bonchev–Trinajstić information content (AvgIpc) is 2.58. The molecule has 1 aromatic carbocycles. The van der Waals surface area contributed by atoms with Gasteiger partial charge in [0, 0.05) is 31.9 Å². The van der Waals surface area contributed by atoms with Crippen molar-refractivity contribution in [2.75, 3.05) is 26.3 Å². The number of carboxylic acids is 1. The van der Waals surface area contributed by atoms with Gasteiger partial charge in [-0.05, 0) is 28.8 Å². The Morgan fingerprint density at radius 1 is 1.12 bits per heavy atom. The number of hydrogen-bond donors (Lipinski definition) is 1. The number of nitrogens with zero attached hydrogens (tertiary/aromatic N) is 2. The Labute approximate surface area is 139 Å². The van der Waals surface area contributed by atoms with Crippen LogP contribution in [0.1, 0.15) is 5.56 Å². The normalized spacial score (nSPS) is 15.3. The first-order valence-corrected chi connectivity index (χ1v) is 7.93. The summed E-state index contributed by atoms with van der Waals surface area (Å²) < 4.78 is 6.58. The quantitative estimate of drug-likeness (QED) is 0.899. The van der Waals surface area contributed by atoms with Crippen LogP contribution in [0.25, 0.3) is 11.1 Å². The van der Waals surface area contributed by atoms with Crippen molar-refractivity contribution >= 4 is 5.97 Å². The molecule has 6 heteroatoms. The number of carbonyl (C=O) groups is 1. The molecule has 0 saturated carbocycles. The van der Waals surface area contributed by atoms with Crippen molar-refractivity contribution in [2.24, 2.45) is 0 Å². The number of pyridine rings is 1. The van der Waals surface area contributed by atoms with Crippen molar-refractivity contribution in [3.05, 3.63) is 58.5 Å². The van der Waals surface area contributed by atoms with Gasteiger partial charge in [0.2, 0.25) is 0 Å². The standard InChI is InChI=1S/C18H20N2O4/c21-17-5-4-16(12-20(17)13-18(22)23)15-3-1-2-14(10-15)11-19-6-8-24-9-7-19/h1-5,10,12H,6-9,11,13H2,(H,22,23). The topological polar surface area (TPSA) is 71.8 Å². The molecule has 6 nitrogen and oxygen atoms in total. The van der Waals surface area contributed by atoms with Crippen molar-refractivity contribution in [1.82, 2.24) is 9.47 Å². The lowest BCUT2D eigenvalue weighted by molar-refractivity contribution is -0.137. The van der Waals surface area contributed by atoms with Gasteiger partial charge >= 0.3 is 5.97 Å². The molecule has 1 aliphatic heterocycles. The van der Waals surface area contributed by atoms with Crippen LogP contribution in [-0.4, -0.2) is 46.8 Å². The predicted octanol–water partition coefficient (Wildman–Crippen LogP) is 1.43. The zero-order chi connectivity index (χ0) is 16.9. The first-order chi connectivity index (χ1) is 11.6. The van der Waals surface area contributed by atoms with Gasteiger partial charge < -0.3 is 14.4 Å². The molecule has 24 heavy (non-hydrogen) atoms. The lowest BCUT2D eigenvalue weighted by atomic mass is 10.0. The van der Waals surface area contributed by atoms with E-state index in [0.29, 0.717) is 0 Å². The summed E-state index contributed by atoms with van der Waals surface area (Å²) >= 11 is 0. The number of carboxylic acid groups (broad SMARTS) is 1. The van der Waals surface area contributed by atoms with Crippen LogP contribution >= 0.6 is 0 Å². The zero-order valence-corrected chi connectivity index (χ0v) is 13.4. The molecule has 1 fully saturated rings. The van der Waals surface area contributed by atoms with Gasteiger partial charge in [0.05, 0.1) is 13.2 Å². The lowest BCUT2D eigenvalue weighted by Gasteiger charge is -2.26. The number of benzene rings is 1. The number of morpholine rings is 1. The molecule has 126 valence electrons. The maximum atomic E-state index is 11.7. The second kappa shape index (κ2) is 7.42. The number of aliphatic carboxylic acids is 1. The Hall–Kier alpha value is -2.44. The maximum Gasteiger partial charge on any atom is 0.323 e. The summed E-state index contributed by atoms with van der Waals surface area (Å²) in [7, 11) is 0. The highest BCUT2D eigenvalue weighted by Crippen LogP contribution is 2.20. The summed E-state index contributed by atoms with van der Waals surface area (Å²) in [6.07, 6.45) is 1.60. The van der Waals surface area contributed by atoms with Crippen LogP contribution in [0.2, 0.25) is 0 Å². The van der Waals surface area contributed by atoms with E-state index in [9.17, 15) is 9.59 Å². The van der Waals surface area contributed by atoms with E-state index in [4.69, 9.17) is 9.84 Å². The smallest absolute Gasteiger partial charge is 0.323 e. The lowest BCUT2D eigenvalue weighted by Crippen LogP contribution is -2.35. The minimum Gasteiger partial charge on any atom is -0.480 e. The zero-order valence-electron chi connectivity index (χ0n) is 13.4. The first-order valence-electron chi connectivity index (χ1n) is 7.93. The molecule has 0 aliphatic carbocycles. The van der Waals surface area contributed by atoms with Gasteiger partial charge in [-0.2, -0.15) is 0 Å². The Morgan fingerprint density at radius 2 is 1.92 bits per heavy atom. The highest BCUT2D eigenvalue weighted by Gasteiger charge is 2.11. The molecule has 3 rings (SSSR count). The SMILES string of the molecule is O=C(O)Cn1cc(-c2cccc(CN3CCOCC3)c2)ccc1=O.